The van der Waals surface area contributed by atoms with Gasteiger partial charge in [-0.2, -0.15) is 0 Å². The Morgan fingerprint density at radius 2 is 2.00 bits per heavy atom. The van der Waals surface area contributed by atoms with Crippen LogP contribution in [0.25, 0.3) is 11.3 Å². The van der Waals surface area contributed by atoms with Gasteiger partial charge in [0, 0.05) is 24.7 Å². The third kappa shape index (κ3) is 4.50. The molecule has 6 nitrogen and oxygen atoms in total. The highest BCUT2D eigenvalue weighted by molar-refractivity contribution is 5.92. The number of amides is 1. The van der Waals surface area contributed by atoms with Crippen LogP contribution in [0.1, 0.15) is 54.6 Å². The molecule has 0 bridgehead atoms. The van der Waals surface area contributed by atoms with Crippen molar-refractivity contribution in [2.75, 3.05) is 19.6 Å². The quantitative estimate of drug-likeness (QED) is 0.833. The van der Waals surface area contributed by atoms with Crippen molar-refractivity contribution in [1.29, 1.82) is 0 Å². The van der Waals surface area contributed by atoms with Crippen LogP contribution in [0.15, 0.2) is 30.6 Å². The van der Waals surface area contributed by atoms with Gasteiger partial charge in [-0.25, -0.2) is 4.98 Å². The Balaban J connectivity index is 1.51. The number of aromatic hydroxyl groups is 1. The second-order valence-corrected chi connectivity index (χ2v) is 7.86. The van der Waals surface area contributed by atoms with Gasteiger partial charge in [0.05, 0.1) is 18.1 Å². The number of carbonyl (C=O) groups excluding carboxylic acids is 1. The van der Waals surface area contributed by atoms with Gasteiger partial charge >= 0.3 is 0 Å². The number of aromatic nitrogens is 2. The molecule has 6 heteroatoms. The summed E-state index contributed by atoms with van der Waals surface area (Å²) in [6.45, 7) is 2.68. The van der Waals surface area contributed by atoms with Crippen molar-refractivity contribution in [3.8, 4) is 17.0 Å². The summed E-state index contributed by atoms with van der Waals surface area (Å²) < 4.78 is 0. The van der Waals surface area contributed by atoms with Crippen LogP contribution in [0.4, 0.5) is 0 Å². The Hall–Kier alpha value is -2.47. The number of aryl methyl sites for hydroxylation is 1. The van der Waals surface area contributed by atoms with Crippen molar-refractivity contribution in [3.63, 3.8) is 0 Å². The molecule has 1 atom stereocenters. The van der Waals surface area contributed by atoms with Crippen molar-refractivity contribution >= 4 is 5.91 Å². The van der Waals surface area contributed by atoms with E-state index < -0.39 is 0 Å². The lowest BCUT2D eigenvalue weighted by Crippen LogP contribution is -2.34. The predicted octanol–water partition coefficient (Wildman–Crippen LogP) is 3.16. The maximum atomic E-state index is 12.6. The fourth-order valence-electron chi connectivity index (χ4n) is 4.17. The van der Waals surface area contributed by atoms with E-state index >= 15 is 0 Å². The summed E-state index contributed by atoms with van der Waals surface area (Å²) in [5.41, 5.74) is 2.88. The van der Waals surface area contributed by atoms with Gasteiger partial charge in [-0.15, -0.1) is 0 Å². The summed E-state index contributed by atoms with van der Waals surface area (Å²) in [6, 6.07) is 6.12. The van der Waals surface area contributed by atoms with Gasteiger partial charge < -0.3 is 15.3 Å². The molecule has 3 heterocycles. The number of rotatable bonds is 5. The molecule has 4 rings (SSSR count). The topological polar surface area (TPSA) is 78.3 Å². The van der Waals surface area contributed by atoms with Crippen molar-refractivity contribution in [2.24, 2.45) is 0 Å². The van der Waals surface area contributed by atoms with Gasteiger partial charge in [0.1, 0.15) is 11.4 Å². The highest BCUT2D eigenvalue weighted by atomic mass is 16.3. The molecule has 1 aromatic heterocycles. The molecule has 2 aliphatic rings. The van der Waals surface area contributed by atoms with E-state index in [1.54, 1.807) is 12.3 Å². The van der Waals surface area contributed by atoms with Crippen LogP contribution in [0, 0.1) is 0 Å². The van der Waals surface area contributed by atoms with E-state index in [0.717, 1.165) is 56.4 Å². The lowest BCUT2D eigenvalue weighted by Gasteiger charge is -2.23. The van der Waals surface area contributed by atoms with Gasteiger partial charge in [-0.1, -0.05) is 6.42 Å². The Kier molecular flexibility index (Phi) is 5.86. The van der Waals surface area contributed by atoms with E-state index in [1.807, 2.05) is 11.0 Å². The van der Waals surface area contributed by atoms with Crippen LogP contribution in [-0.2, 0) is 6.42 Å². The molecular formula is C22H28N4O2. The van der Waals surface area contributed by atoms with E-state index in [2.05, 4.69) is 21.4 Å². The second kappa shape index (κ2) is 8.69. The highest BCUT2D eigenvalue weighted by Gasteiger charge is 2.21. The Labute approximate surface area is 166 Å². The standard InChI is InChI=1S/C22H28N4O2/c27-19-12-16(6-7-18-5-1-2-8-24-18)11-17(13-19)20-14-23-15-21(25-20)22(28)26-9-3-4-10-26/h11-15,18,24,27H,1-10H2/t18-/m1/s1. The normalized spacial score (nSPS) is 19.7. The number of nitrogens with one attached hydrogen (secondary N) is 1. The third-order valence-corrected chi connectivity index (χ3v) is 5.71. The summed E-state index contributed by atoms with van der Waals surface area (Å²) in [7, 11) is 0. The summed E-state index contributed by atoms with van der Waals surface area (Å²) >= 11 is 0. The highest BCUT2D eigenvalue weighted by Crippen LogP contribution is 2.26. The zero-order valence-corrected chi connectivity index (χ0v) is 16.2. The molecule has 1 aromatic carbocycles. The molecule has 0 unspecified atom stereocenters. The molecule has 0 spiro atoms. The molecular weight excluding hydrogens is 352 g/mol. The average molecular weight is 380 g/mol. The maximum absolute atomic E-state index is 12.6. The molecule has 2 aliphatic heterocycles. The van der Waals surface area contributed by atoms with Crippen LogP contribution in [0.3, 0.4) is 0 Å². The molecule has 2 N–H and O–H groups in total. The first-order valence-corrected chi connectivity index (χ1v) is 10.4. The minimum Gasteiger partial charge on any atom is -0.508 e. The Bertz CT molecular complexity index is 827. The minimum atomic E-state index is -0.0596. The van der Waals surface area contributed by atoms with E-state index in [0.29, 0.717) is 17.4 Å². The van der Waals surface area contributed by atoms with Crippen molar-refractivity contribution < 1.29 is 9.90 Å². The number of phenolic OH excluding ortho intramolecular Hbond substituents is 1. The first kappa shape index (κ1) is 18.9. The number of hydrogen-bond acceptors (Lipinski definition) is 5. The van der Waals surface area contributed by atoms with Gasteiger partial charge in [0.15, 0.2) is 0 Å². The predicted molar refractivity (Wildman–Crippen MR) is 108 cm³/mol. The number of carbonyl (C=O) groups is 1. The SMILES string of the molecule is O=C(c1cncc(-c2cc(O)cc(CC[C@H]3CCCCN3)c2)n1)N1CCCC1. The molecule has 28 heavy (non-hydrogen) atoms. The summed E-state index contributed by atoms with van der Waals surface area (Å²) in [6.07, 6.45) is 11.0. The molecule has 0 aliphatic carbocycles. The van der Waals surface area contributed by atoms with Crippen LogP contribution in [-0.4, -0.2) is 51.6 Å². The first-order chi connectivity index (χ1) is 13.7. The second-order valence-electron chi connectivity index (χ2n) is 7.86. The zero-order valence-electron chi connectivity index (χ0n) is 16.2. The van der Waals surface area contributed by atoms with Crippen LogP contribution < -0.4 is 5.32 Å². The van der Waals surface area contributed by atoms with Gasteiger partial charge in [0.25, 0.3) is 5.91 Å². The van der Waals surface area contributed by atoms with Crippen molar-refractivity contribution in [2.45, 2.75) is 51.0 Å². The smallest absolute Gasteiger partial charge is 0.274 e. The first-order valence-electron chi connectivity index (χ1n) is 10.4. The Morgan fingerprint density at radius 3 is 2.79 bits per heavy atom. The number of benzene rings is 1. The fourth-order valence-corrected chi connectivity index (χ4v) is 4.17. The molecule has 1 amide bonds. The number of nitrogens with zero attached hydrogens (tertiary/aromatic N) is 3. The lowest BCUT2D eigenvalue weighted by atomic mass is 9.96. The van der Waals surface area contributed by atoms with Crippen LogP contribution >= 0.6 is 0 Å². The summed E-state index contributed by atoms with van der Waals surface area (Å²) in [5.74, 6) is 0.165. The Morgan fingerprint density at radius 1 is 1.14 bits per heavy atom. The molecule has 0 radical (unpaired) electrons. The van der Waals surface area contributed by atoms with E-state index in [1.165, 1.54) is 25.5 Å². The van der Waals surface area contributed by atoms with Crippen molar-refractivity contribution in [3.05, 3.63) is 41.9 Å². The summed E-state index contributed by atoms with van der Waals surface area (Å²) in [5, 5.41) is 13.8. The number of likely N-dealkylation sites (tertiary alicyclic amines) is 1. The molecule has 2 saturated heterocycles. The van der Waals surface area contributed by atoms with Crippen LogP contribution in [0.2, 0.25) is 0 Å². The van der Waals surface area contributed by atoms with Gasteiger partial charge in [-0.3, -0.25) is 9.78 Å². The van der Waals surface area contributed by atoms with Crippen LogP contribution in [0.5, 0.6) is 5.75 Å². The van der Waals surface area contributed by atoms with Crippen molar-refractivity contribution in [1.82, 2.24) is 20.2 Å². The minimum absolute atomic E-state index is 0.0596. The summed E-state index contributed by atoms with van der Waals surface area (Å²) in [4.78, 5) is 23.2. The maximum Gasteiger partial charge on any atom is 0.274 e. The molecule has 0 saturated carbocycles. The fraction of sp³-hybridized carbons (Fsp3) is 0.500. The molecule has 148 valence electrons. The number of piperidine rings is 1. The zero-order chi connectivity index (χ0) is 19.3. The van der Waals surface area contributed by atoms with Gasteiger partial charge in [-0.05, 0) is 68.8 Å². The van der Waals surface area contributed by atoms with Gasteiger partial charge in [0.2, 0.25) is 0 Å². The lowest BCUT2D eigenvalue weighted by molar-refractivity contribution is 0.0786. The van der Waals surface area contributed by atoms with E-state index in [4.69, 9.17) is 0 Å². The molecule has 2 aromatic rings. The van der Waals surface area contributed by atoms with E-state index in [-0.39, 0.29) is 11.7 Å². The number of phenols is 1. The number of hydrogen-bond donors (Lipinski definition) is 2. The molecule has 2 fully saturated rings. The van der Waals surface area contributed by atoms with E-state index in [9.17, 15) is 9.90 Å². The third-order valence-electron chi connectivity index (χ3n) is 5.71. The monoisotopic (exact) mass is 380 g/mol. The largest absolute Gasteiger partial charge is 0.508 e. The average Bonchev–Trinajstić information content (AvgIpc) is 3.27.